The van der Waals surface area contributed by atoms with Crippen LogP contribution in [0.15, 0.2) is 72.8 Å². The monoisotopic (exact) mass is 461 g/mol. The van der Waals surface area contributed by atoms with Crippen molar-refractivity contribution < 1.29 is 28.5 Å². The third-order valence-electron chi connectivity index (χ3n) is 5.03. The molecule has 0 saturated heterocycles. The molecule has 0 aliphatic carbocycles. The van der Waals surface area contributed by atoms with Gasteiger partial charge >= 0.3 is 5.97 Å². The first-order chi connectivity index (χ1) is 16.4. The fraction of sp³-hybridized carbons (Fsp3) is 0.185. The summed E-state index contributed by atoms with van der Waals surface area (Å²) in [6, 6.07) is 19.5. The normalized spacial score (nSPS) is 11.5. The molecule has 176 valence electrons. The summed E-state index contributed by atoms with van der Waals surface area (Å²) < 4.78 is 21.5. The number of ether oxygens (including phenoxy) is 4. The number of hydrogen-bond acceptors (Lipinski definition) is 6. The van der Waals surface area contributed by atoms with Crippen LogP contribution in [-0.4, -0.2) is 33.2 Å². The van der Waals surface area contributed by atoms with E-state index in [1.54, 1.807) is 48.5 Å². The molecule has 0 aliphatic rings. The van der Waals surface area contributed by atoms with Crippen LogP contribution in [0.5, 0.6) is 17.2 Å². The fourth-order valence-corrected chi connectivity index (χ4v) is 3.24. The SMILES string of the molecule is COc1cc(OC)c(OC)cc1/C=C/C(=O)OC(C(=O)Nc1ccc(C)cc1)c1ccccc1. The van der Waals surface area contributed by atoms with Gasteiger partial charge in [-0.1, -0.05) is 48.0 Å². The molecule has 1 N–H and O–H groups in total. The molecule has 3 aromatic rings. The predicted molar refractivity (Wildman–Crippen MR) is 130 cm³/mol. The lowest BCUT2D eigenvalue weighted by Gasteiger charge is -2.17. The van der Waals surface area contributed by atoms with Gasteiger partial charge in [0.25, 0.3) is 5.91 Å². The minimum atomic E-state index is -1.13. The molecular formula is C27H27NO6. The summed E-state index contributed by atoms with van der Waals surface area (Å²) in [7, 11) is 4.55. The molecule has 0 bridgehead atoms. The Morgan fingerprint density at radius 2 is 1.44 bits per heavy atom. The zero-order valence-electron chi connectivity index (χ0n) is 19.5. The third-order valence-corrected chi connectivity index (χ3v) is 5.03. The summed E-state index contributed by atoms with van der Waals surface area (Å²) in [6.07, 6.45) is 1.63. The number of carbonyl (C=O) groups is 2. The van der Waals surface area contributed by atoms with Crippen molar-refractivity contribution >= 4 is 23.6 Å². The lowest BCUT2D eigenvalue weighted by Crippen LogP contribution is -2.25. The number of esters is 1. The fourth-order valence-electron chi connectivity index (χ4n) is 3.24. The van der Waals surface area contributed by atoms with E-state index in [1.165, 1.54) is 33.5 Å². The first-order valence-electron chi connectivity index (χ1n) is 10.6. The van der Waals surface area contributed by atoms with Gasteiger partial charge in [0.05, 0.1) is 21.3 Å². The molecule has 0 heterocycles. The highest BCUT2D eigenvalue weighted by Crippen LogP contribution is 2.35. The summed E-state index contributed by atoms with van der Waals surface area (Å²) in [6.45, 7) is 1.96. The second-order valence-electron chi connectivity index (χ2n) is 7.37. The molecule has 1 unspecified atom stereocenters. The minimum absolute atomic E-state index is 0.458. The molecule has 3 aromatic carbocycles. The third kappa shape index (κ3) is 6.16. The van der Waals surface area contributed by atoms with Crippen molar-refractivity contribution in [1.29, 1.82) is 0 Å². The second kappa shape index (κ2) is 11.6. The van der Waals surface area contributed by atoms with Crippen LogP contribution in [0, 0.1) is 6.92 Å². The Balaban J connectivity index is 1.81. The van der Waals surface area contributed by atoms with Crippen molar-refractivity contribution in [3.63, 3.8) is 0 Å². The van der Waals surface area contributed by atoms with E-state index in [0.717, 1.165) is 5.56 Å². The number of nitrogens with one attached hydrogen (secondary N) is 1. The van der Waals surface area contributed by atoms with Crippen molar-refractivity contribution in [3.8, 4) is 17.2 Å². The molecule has 7 nitrogen and oxygen atoms in total. The maximum atomic E-state index is 13.0. The van der Waals surface area contributed by atoms with E-state index in [2.05, 4.69) is 5.32 Å². The molecule has 3 rings (SSSR count). The zero-order valence-corrected chi connectivity index (χ0v) is 19.5. The van der Waals surface area contributed by atoms with Crippen LogP contribution < -0.4 is 19.5 Å². The van der Waals surface area contributed by atoms with Gasteiger partial charge in [0.2, 0.25) is 6.10 Å². The van der Waals surface area contributed by atoms with Crippen LogP contribution in [-0.2, 0) is 14.3 Å². The van der Waals surface area contributed by atoms with Crippen LogP contribution in [0.25, 0.3) is 6.08 Å². The molecule has 34 heavy (non-hydrogen) atoms. The van der Waals surface area contributed by atoms with E-state index in [4.69, 9.17) is 18.9 Å². The molecule has 1 amide bonds. The lowest BCUT2D eigenvalue weighted by molar-refractivity contribution is -0.149. The molecule has 0 radical (unpaired) electrons. The van der Waals surface area contributed by atoms with Crippen LogP contribution in [0.1, 0.15) is 22.8 Å². The number of methoxy groups -OCH3 is 3. The first kappa shape index (κ1) is 24.4. The highest BCUT2D eigenvalue weighted by molar-refractivity contribution is 5.97. The van der Waals surface area contributed by atoms with Crippen molar-refractivity contribution in [3.05, 3.63) is 89.5 Å². The zero-order chi connectivity index (χ0) is 24.5. The van der Waals surface area contributed by atoms with Crippen LogP contribution in [0.2, 0.25) is 0 Å². The van der Waals surface area contributed by atoms with Gasteiger partial charge in [-0.05, 0) is 31.2 Å². The first-order valence-corrected chi connectivity index (χ1v) is 10.6. The van der Waals surface area contributed by atoms with E-state index in [-0.39, 0.29) is 0 Å². The molecule has 0 aliphatic heterocycles. The Bertz CT molecular complexity index is 1160. The summed E-state index contributed by atoms with van der Waals surface area (Å²) in [4.78, 5) is 25.7. The Hall–Kier alpha value is -4.26. The van der Waals surface area contributed by atoms with Gasteiger partial charge in [0.15, 0.2) is 11.5 Å². The minimum Gasteiger partial charge on any atom is -0.496 e. The molecule has 0 fully saturated rings. The number of amides is 1. The number of carbonyl (C=O) groups excluding carboxylic acids is 2. The number of hydrogen-bond donors (Lipinski definition) is 1. The molecule has 7 heteroatoms. The van der Waals surface area contributed by atoms with Crippen molar-refractivity contribution in [2.45, 2.75) is 13.0 Å². The van der Waals surface area contributed by atoms with Crippen LogP contribution in [0.3, 0.4) is 0 Å². The van der Waals surface area contributed by atoms with E-state index >= 15 is 0 Å². The van der Waals surface area contributed by atoms with Gasteiger partial charge < -0.3 is 24.3 Å². The second-order valence-corrected chi connectivity index (χ2v) is 7.37. The smallest absolute Gasteiger partial charge is 0.331 e. The van der Waals surface area contributed by atoms with Crippen LogP contribution in [0.4, 0.5) is 5.69 Å². The maximum Gasteiger partial charge on any atom is 0.331 e. The van der Waals surface area contributed by atoms with E-state index < -0.39 is 18.0 Å². The summed E-state index contributed by atoms with van der Waals surface area (Å²) >= 11 is 0. The molecule has 0 saturated carbocycles. The van der Waals surface area contributed by atoms with Crippen LogP contribution >= 0.6 is 0 Å². The Labute approximate surface area is 198 Å². The van der Waals surface area contributed by atoms with E-state index in [1.807, 2.05) is 25.1 Å². The highest BCUT2D eigenvalue weighted by atomic mass is 16.5. The Morgan fingerprint density at radius 3 is 2.06 bits per heavy atom. The largest absolute Gasteiger partial charge is 0.496 e. The Kier molecular flexibility index (Phi) is 8.29. The average molecular weight is 462 g/mol. The van der Waals surface area contributed by atoms with Crippen molar-refractivity contribution in [2.24, 2.45) is 0 Å². The summed E-state index contributed by atoms with van der Waals surface area (Å²) in [5.41, 5.74) is 2.81. The maximum absolute atomic E-state index is 13.0. The van der Waals surface area contributed by atoms with Gasteiger partial charge in [-0.25, -0.2) is 4.79 Å². The van der Waals surface area contributed by atoms with Gasteiger partial charge in [-0.15, -0.1) is 0 Å². The highest BCUT2D eigenvalue weighted by Gasteiger charge is 2.24. The predicted octanol–water partition coefficient (Wildman–Crippen LogP) is 4.96. The summed E-state index contributed by atoms with van der Waals surface area (Å²) in [5.74, 6) is 0.315. The van der Waals surface area contributed by atoms with E-state index in [9.17, 15) is 9.59 Å². The average Bonchev–Trinajstić information content (AvgIpc) is 2.87. The quantitative estimate of drug-likeness (QED) is 0.358. The lowest BCUT2D eigenvalue weighted by atomic mass is 10.1. The van der Waals surface area contributed by atoms with Gasteiger partial charge in [0, 0.05) is 29.0 Å². The number of rotatable bonds is 9. The van der Waals surface area contributed by atoms with Crippen molar-refractivity contribution in [2.75, 3.05) is 26.6 Å². The molecule has 1 atom stereocenters. The molecule has 0 spiro atoms. The van der Waals surface area contributed by atoms with Gasteiger partial charge in [-0.2, -0.15) is 0 Å². The molecular weight excluding hydrogens is 434 g/mol. The standard InChI is InChI=1S/C27H27NO6/c1-18-10-13-21(14-11-18)28-27(30)26(19-8-6-5-7-9-19)34-25(29)15-12-20-16-23(32-3)24(33-4)17-22(20)31-2/h5-17,26H,1-4H3,(H,28,30)/b15-12+. The van der Waals surface area contributed by atoms with E-state index in [0.29, 0.717) is 34.1 Å². The van der Waals surface area contributed by atoms with Crippen molar-refractivity contribution in [1.82, 2.24) is 0 Å². The number of benzene rings is 3. The number of anilines is 1. The summed E-state index contributed by atoms with van der Waals surface area (Å²) in [5, 5.41) is 2.80. The topological polar surface area (TPSA) is 83.1 Å². The van der Waals surface area contributed by atoms with Gasteiger partial charge in [0.1, 0.15) is 5.75 Å². The molecule has 0 aromatic heterocycles. The van der Waals surface area contributed by atoms with Gasteiger partial charge in [-0.3, -0.25) is 4.79 Å². The Morgan fingerprint density at radius 1 is 0.824 bits per heavy atom. The number of aryl methyl sites for hydroxylation is 1.